The number of unbranched alkanes of at least 4 members (excludes halogenated alkanes) is 4. The van der Waals surface area contributed by atoms with Gasteiger partial charge < -0.3 is 0 Å². The van der Waals surface area contributed by atoms with Crippen molar-refractivity contribution in [2.24, 2.45) is 0 Å². The van der Waals surface area contributed by atoms with Gasteiger partial charge in [-0.3, -0.25) is 0 Å². The van der Waals surface area contributed by atoms with Crippen molar-refractivity contribution in [1.82, 2.24) is 0 Å². The molecular weight excluding hydrogens is 379 g/mol. The van der Waals surface area contributed by atoms with Crippen LogP contribution in [0.5, 0.6) is 0 Å². The molecular formula is C30H29F. The summed E-state index contributed by atoms with van der Waals surface area (Å²) >= 11 is 0. The van der Waals surface area contributed by atoms with Crippen LogP contribution in [0, 0.1) is 36.4 Å². The lowest BCUT2D eigenvalue weighted by molar-refractivity contribution is 0.624. The van der Waals surface area contributed by atoms with Crippen molar-refractivity contribution in [2.45, 2.75) is 52.4 Å². The molecule has 0 unspecified atom stereocenters. The third-order valence-corrected chi connectivity index (χ3v) is 5.24. The van der Waals surface area contributed by atoms with Crippen molar-refractivity contribution >= 4 is 0 Å². The van der Waals surface area contributed by atoms with Crippen LogP contribution in [0.1, 0.15) is 72.4 Å². The number of benzene rings is 3. The first-order valence-corrected chi connectivity index (χ1v) is 11.1. The van der Waals surface area contributed by atoms with Crippen molar-refractivity contribution in [3.8, 4) is 23.7 Å². The molecule has 0 atom stereocenters. The molecule has 0 N–H and O–H groups in total. The fourth-order valence-corrected chi connectivity index (χ4v) is 3.30. The van der Waals surface area contributed by atoms with Gasteiger partial charge >= 0.3 is 0 Å². The maximum absolute atomic E-state index is 14.5. The molecule has 0 spiro atoms. The zero-order valence-electron chi connectivity index (χ0n) is 18.5. The summed E-state index contributed by atoms with van der Waals surface area (Å²) in [5.41, 5.74) is 5.38. The summed E-state index contributed by atoms with van der Waals surface area (Å²) in [4.78, 5) is 0. The molecule has 3 rings (SSSR count). The lowest BCUT2D eigenvalue weighted by atomic mass is 10.0. The van der Waals surface area contributed by atoms with E-state index in [1.807, 2.05) is 49.4 Å². The monoisotopic (exact) mass is 408 g/mol. The first-order chi connectivity index (χ1) is 15.1. The highest BCUT2D eigenvalue weighted by atomic mass is 19.1. The van der Waals surface area contributed by atoms with Crippen molar-refractivity contribution in [1.29, 1.82) is 0 Å². The molecule has 0 aliphatic rings. The molecule has 31 heavy (non-hydrogen) atoms. The summed E-state index contributed by atoms with van der Waals surface area (Å²) in [6.45, 7) is 4.27. The van der Waals surface area contributed by atoms with Gasteiger partial charge in [0.1, 0.15) is 5.82 Å². The molecule has 3 aromatic rings. The smallest absolute Gasteiger partial charge is 0.140 e. The molecule has 0 radical (unpaired) electrons. The van der Waals surface area contributed by atoms with Gasteiger partial charge in [0.2, 0.25) is 0 Å². The second kappa shape index (κ2) is 11.8. The Morgan fingerprint density at radius 2 is 1.23 bits per heavy atom. The molecule has 1 heteroatoms. The molecule has 0 aliphatic carbocycles. The van der Waals surface area contributed by atoms with Crippen LogP contribution in [-0.4, -0.2) is 0 Å². The van der Waals surface area contributed by atoms with Crippen molar-refractivity contribution in [3.05, 3.63) is 106 Å². The summed E-state index contributed by atoms with van der Waals surface area (Å²) in [7, 11) is 0. The van der Waals surface area contributed by atoms with E-state index in [0.29, 0.717) is 11.1 Å². The van der Waals surface area contributed by atoms with Gasteiger partial charge in [-0.05, 0) is 67.8 Å². The predicted octanol–water partition coefficient (Wildman–Crippen LogP) is 7.45. The first-order valence-electron chi connectivity index (χ1n) is 11.1. The average molecular weight is 409 g/mol. The van der Waals surface area contributed by atoms with Crippen molar-refractivity contribution in [2.75, 3.05) is 0 Å². The molecule has 0 saturated heterocycles. The highest BCUT2D eigenvalue weighted by Gasteiger charge is 2.00. The highest BCUT2D eigenvalue weighted by molar-refractivity contribution is 5.49. The van der Waals surface area contributed by atoms with Crippen LogP contribution in [0.4, 0.5) is 4.39 Å². The van der Waals surface area contributed by atoms with Crippen LogP contribution in [0.15, 0.2) is 66.7 Å². The second-order valence-corrected chi connectivity index (χ2v) is 7.92. The quantitative estimate of drug-likeness (QED) is 0.293. The summed E-state index contributed by atoms with van der Waals surface area (Å²) in [6.07, 6.45) is 7.55. The minimum Gasteiger partial charge on any atom is -0.206 e. The fraction of sp³-hybridized carbons (Fsp3) is 0.267. The standard InChI is InChI=1S/C30H29F/c1-3-4-5-6-7-8-25-13-15-27(16-14-25)19-21-29-22-20-28(23-30(29)31)18-17-26-11-9-24(2)10-12-26/h9-16,20,22-23H,3-8H2,1-2H3. The zero-order valence-corrected chi connectivity index (χ0v) is 18.5. The molecule has 0 amide bonds. The van der Waals surface area contributed by atoms with Gasteiger partial charge in [0.25, 0.3) is 0 Å². The number of rotatable bonds is 6. The topological polar surface area (TPSA) is 0 Å². The van der Waals surface area contributed by atoms with Gasteiger partial charge in [0.15, 0.2) is 0 Å². The molecule has 0 heterocycles. The lowest BCUT2D eigenvalue weighted by Crippen LogP contribution is -1.88. The second-order valence-electron chi connectivity index (χ2n) is 7.92. The number of halogens is 1. The fourth-order valence-electron chi connectivity index (χ4n) is 3.30. The van der Waals surface area contributed by atoms with Gasteiger partial charge in [-0.1, -0.05) is 86.1 Å². The SMILES string of the molecule is CCCCCCCc1ccc(C#Cc2ccc(C#Cc3ccc(C)cc3)cc2F)cc1. The van der Waals surface area contributed by atoms with Gasteiger partial charge in [0.05, 0.1) is 5.56 Å². The van der Waals surface area contributed by atoms with E-state index in [0.717, 1.165) is 17.5 Å². The lowest BCUT2D eigenvalue weighted by Gasteiger charge is -2.02. The summed E-state index contributed by atoms with van der Waals surface area (Å²) < 4.78 is 14.5. The Bertz CT molecular complexity index is 1100. The molecule has 0 aromatic heterocycles. The minimum atomic E-state index is -0.341. The Kier molecular flexibility index (Phi) is 8.51. The van der Waals surface area contributed by atoms with E-state index in [1.165, 1.54) is 49.3 Å². The molecule has 0 aliphatic heterocycles. The molecule has 156 valence electrons. The highest BCUT2D eigenvalue weighted by Crippen LogP contribution is 2.12. The van der Waals surface area contributed by atoms with E-state index in [1.54, 1.807) is 6.07 Å². The van der Waals surface area contributed by atoms with Gasteiger partial charge in [-0.15, -0.1) is 0 Å². The van der Waals surface area contributed by atoms with E-state index < -0.39 is 0 Å². The summed E-state index contributed by atoms with van der Waals surface area (Å²) in [6, 6.07) is 21.2. The van der Waals surface area contributed by atoms with E-state index in [-0.39, 0.29) is 5.82 Å². The van der Waals surface area contributed by atoms with Gasteiger partial charge in [-0.2, -0.15) is 0 Å². The Morgan fingerprint density at radius 3 is 1.90 bits per heavy atom. The predicted molar refractivity (Wildman–Crippen MR) is 128 cm³/mol. The molecule has 0 saturated carbocycles. The Balaban J connectivity index is 1.60. The van der Waals surface area contributed by atoms with E-state index in [4.69, 9.17) is 0 Å². The van der Waals surface area contributed by atoms with Crippen LogP contribution in [0.2, 0.25) is 0 Å². The maximum Gasteiger partial charge on any atom is 0.140 e. The van der Waals surface area contributed by atoms with Crippen molar-refractivity contribution < 1.29 is 4.39 Å². The molecule has 0 fully saturated rings. The third kappa shape index (κ3) is 7.47. The average Bonchev–Trinajstić information content (AvgIpc) is 2.79. The number of aryl methyl sites for hydroxylation is 2. The van der Waals surface area contributed by atoms with Gasteiger partial charge in [-0.25, -0.2) is 4.39 Å². The van der Waals surface area contributed by atoms with Crippen LogP contribution in [0.25, 0.3) is 0 Å². The Hall–Kier alpha value is -3.29. The maximum atomic E-state index is 14.5. The van der Waals surface area contributed by atoms with Crippen molar-refractivity contribution in [3.63, 3.8) is 0 Å². The van der Waals surface area contributed by atoms with E-state index in [2.05, 4.69) is 42.7 Å². The van der Waals surface area contributed by atoms with E-state index >= 15 is 0 Å². The first kappa shape index (κ1) is 22.4. The number of hydrogen-bond acceptors (Lipinski definition) is 0. The third-order valence-electron chi connectivity index (χ3n) is 5.24. The minimum absolute atomic E-state index is 0.341. The Labute approximate surface area is 186 Å². The molecule has 0 nitrogen and oxygen atoms in total. The van der Waals surface area contributed by atoms with Crippen LogP contribution < -0.4 is 0 Å². The molecule has 0 bridgehead atoms. The zero-order chi connectivity index (χ0) is 21.9. The normalized spacial score (nSPS) is 10.0. The summed E-state index contributed by atoms with van der Waals surface area (Å²) in [5.74, 6) is 11.8. The summed E-state index contributed by atoms with van der Waals surface area (Å²) in [5, 5.41) is 0. The number of hydrogen-bond donors (Lipinski definition) is 0. The largest absolute Gasteiger partial charge is 0.206 e. The van der Waals surface area contributed by atoms with Crippen LogP contribution >= 0.6 is 0 Å². The van der Waals surface area contributed by atoms with Gasteiger partial charge in [0, 0.05) is 16.7 Å². The van der Waals surface area contributed by atoms with Crippen LogP contribution in [0.3, 0.4) is 0 Å². The van der Waals surface area contributed by atoms with E-state index in [9.17, 15) is 4.39 Å². The van der Waals surface area contributed by atoms with Crippen LogP contribution in [-0.2, 0) is 6.42 Å². The Morgan fingerprint density at radius 1 is 0.645 bits per heavy atom. The molecule has 3 aromatic carbocycles.